The molecular weight excluding hydrogens is 388 g/mol. The highest BCUT2D eigenvalue weighted by atomic mass is 32.2. The Balaban J connectivity index is 1.88. The molecule has 0 saturated carbocycles. The summed E-state index contributed by atoms with van der Waals surface area (Å²) < 4.78 is 12.2. The first kappa shape index (κ1) is 19.1. The van der Waals surface area contributed by atoms with Gasteiger partial charge >= 0.3 is 5.97 Å². The second kappa shape index (κ2) is 8.00. The van der Waals surface area contributed by atoms with Gasteiger partial charge in [-0.1, -0.05) is 36.0 Å². The van der Waals surface area contributed by atoms with Crippen molar-refractivity contribution in [3.05, 3.63) is 54.7 Å². The van der Waals surface area contributed by atoms with E-state index in [4.69, 9.17) is 9.47 Å². The number of aromatic nitrogens is 4. The predicted molar refractivity (Wildman–Crippen MR) is 113 cm³/mol. The van der Waals surface area contributed by atoms with E-state index in [2.05, 4.69) is 15.2 Å². The van der Waals surface area contributed by atoms with E-state index in [-0.39, 0.29) is 5.97 Å². The molecule has 148 valence electrons. The maximum atomic E-state index is 11.9. The van der Waals surface area contributed by atoms with Gasteiger partial charge in [0.2, 0.25) is 0 Å². The third-order valence-electron chi connectivity index (χ3n) is 4.59. The number of fused-ring (bicyclic) bond motifs is 1. The van der Waals surface area contributed by atoms with Gasteiger partial charge in [-0.3, -0.25) is 9.36 Å². The van der Waals surface area contributed by atoms with E-state index in [1.54, 1.807) is 14.0 Å². The van der Waals surface area contributed by atoms with Crippen LogP contribution in [-0.2, 0) is 9.53 Å². The Kier molecular flexibility index (Phi) is 5.26. The van der Waals surface area contributed by atoms with Crippen LogP contribution in [0.3, 0.4) is 0 Å². The van der Waals surface area contributed by atoms with Crippen LogP contribution in [0.5, 0.6) is 5.75 Å². The zero-order chi connectivity index (χ0) is 20.4. The van der Waals surface area contributed by atoms with Gasteiger partial charge in [0.05, 0.1) is 19.9 Å². The number of benzene rings is 2. The maximum Gasteiger partial charge on any atom is 0.318 e. The fraction of sp³-hybridized carbons (Fsp3) is 0.190. The fourth-order valence-corrected chi connectivity index (χ4v) is 4.03. The molecule has 1 N–H and O–H groups in total. The Morgan fingerprint density at radius 2 is 1.97 bits per heavy atom. The molecule has 0 bridgehead atoms. The van der Waals surface area contributed by atoms with Gasteiger partial charge in [0.15, 0.2) is 11.0 Å². The van der Waals surface area contributed by atoms with E-state index in [0.29, 0.717) is 11.0 Å². The van der Waals surface area contributed by atoms with Crippen molar-refractivity contribution in [3.8, 4) is 22.8 Å². The first-order valence-electron chi connectivity index (χ1n) is 9.03. The largest absolute Gasteiger partial charge is 0.497 e. The number of ether oxygens (including phenoxy) is 2. The molecule has 0 aliphatic rings. The second-order valence-electron chi connectivity index (χ2n) is 6.37. The van der Waals surface area contributed by atoms with Crippen LogP contribution in [0.2, 0.25) is 0 Å². The van der Waals surface area contributed by atoms with Crippen LogP contribution in [0.1, 0.15) is 6.92 Å². The number of thioether (sulfide) groups is 1. The summed E-state index contributed by atoms with van der Waals surface area (Å²) in [6, 6.07) is 15.7. The molecule has 0 radical (unpaired) electrons. The molecule has 0 saturated heterocycles. The maximum absolute atomic E-state index is 11.9. The van der Waals surface area contributed by atoms with E-state index in [0.717, 1.165) is 27.9 Å². The van der Waals surface area contributed by atoms with Crippen molar-refractivity contribution in [1.82, 2.24) is 19.7 Å². The fourth-order valence-electron chi connectivity index (χ4n) is 3.13. The number of aromatic amines is 1. The SMILES string of the molecule is COC(=O)[C@@H](C)Sc1nnc(-c2c[nH]c3ccccc23)n1-c1cccc(OC)c1. The number of nitrogens with zero attached hydrogens (tertiary/aromatic N) is 3. The summed E-state index contributed by atoms with van der Waals surface area (Å²) in [5.74, 6) is 1.08. The lowest BCUT2D eigenvalue weighted by Crippen LogP contribution is -2.15. The number of hydrogen-bond donors (Lipinski definition) is 1. The Labute approximate surface area is 172 Å². The molecule has 0 aliphatic carbocycles. The van der Waals surface area contributed by atoms with E-state index in [1.165, 1.54) is 18.9 Å². The van der Waals surface area contributed by atoms with Crippen molar-refractivity contribution in [3.63, 3.8) is 0 Å². The monoisotopic (exact) mass is 408 g/mol. The molecule has 29 heavy (non-hydrogen) atoms. The zero-order valence-electron chi connectivity index (χ0n) is 16.2. The van der Waals surface area contributed by atoms with Crippen molar-refractivity contribution in [1.29, 1.82) is 0 Å². The number of methoxy groups -OCH3 is 2. The Morgan fingerprint density at radius 1 is 1.14 bits per heavy atom. The molecule has 0 aliphatic heterocycles. The third-order valence-corrected chi connectivity index (χ3v) is 5.61. The molecule has 7 nitrogen and oxygen atoms in total. The molecule has 2 aromatic heterocycles. The molecule has 0 fully saturated rings. The number of para-hydroxylation sites is 1. The van der Waals surface area contributed by atoms with E-state index in [9.17, 15) is 4.79 Å². The van der Waals surface area contributed by atoms with Crippen molar-refractivity contribution in [2.75, 3.05) is 14.2 Å². The summed E-state index contributed by atoms with van der Waals surface area (Å²) in [4.78, 5) is 15.2. The smallest absolute Gasteiger partial charge is 0.318 e. The number of carbonyl (C=O) groups is 1. The number of rotatable bonds is 6. The van der Waals surface area contributed by atoms with Gasteiger partial charge in [-0.25, -0.2) is 0 Å². The molecular formula is C21H20N4O3S. The summed E-state index contributed by atoms with van der Waals surface area (Å²) in [5, 5.41) is 10.0. The average Bonchev–Trinajstić information content (AvgIpc) is 3.37. The lowest BCUT2D eigenvalue weighted by Gasteiger charge is -2.13. The van der Waals surface area contributed by atoms with Crippen LogP contribution in [-0.4, -0.2) is 45.2 Å². The summed E-state index contributed by atoms with van der Waals surface area (Å²) in [7, 11) is 3.00. The second-order valence-corrected chi connectivity index (χ2v) is 7.68. The summed E-state index contributed by atoms with van der Waals surface area (Å²) in [6.45, 7) is 1.78. The normalized spacial score (nSPS) is 12.1. The summed E-state index contributed by atoms with van der Waals surface area (Å²) >= 11 is 1.30. The van der Waals surface area contributed by atoms with Crippen molar-refractivity contribution in [2.24, 2.45) is 0 Å². The van der Waals surface area contributed by atoms with Crippen LogP contribution in [0, 0.1) is 0 Å². The van der Waals surface area contributed by atoms with Gasteiger partial charge in [-0.2, -0.15) is 0 Å². The first-order chi connectivity index (χ1) is 14.1. The molecule has 2 heterocycles. The van der Waals surface area contributed by atoms with Gasteiger partial charge in [-0.15, -0.1) is 10.2 Å². The molecule has 4 aromatic rings. The number of nitrogens with one attached hydrogen (secondary N) is 1. The third kappa shape index (κ3) is 3.58. The predicted octanol–water partition coefficient (Wildman–Crippen LogP) is 4.08. The molecule has 8 heteroatoms. The van der Waals surface area contributed by atoms with Gasteiger partial charge in [0.1, 0.15) is 11.0 Å². The Morgan fingerprint density at radius 3 is 2.76 bits per heavy atom. The zero-order valence-corrected chi connectivity index (χ0v) is 17.1. The standard InChI is InChI=1S/C21H20N4O3S/c1-13(20(26)28-3)29-21-24-23-19(17-12-22-18-10-5-4-9-16(17)18)25(21)14-7-6-8-15(11-14)27-2/h4-13,22H,1-3H3/t13-/m1/s1. The van der Waals surface area contributed by atoms with E-state index < -0.39 is 5.25 Å². The summed E-state index contributed by atoms with van der Waals surface area (Å²) in [5.41, 5.74) is 2.78. The highest BCUT2D eigenvalue weighted by Crippen LogP contribution is 2.34. The molecule has 2 aromatic carbocycles. The highest BCUT2D eigenvalue weighted by Gasteiger charge is 2.23. The number of carbonyl (C=O) groups excluding carboxylic acids is 1. The Bertz CT molecular complexity index is 1170. The van der Waals surface area contributed by atoms with Crippen molar-refractivity contribution >= 4 is 28.6 Å². The van der Waals surface area contributed by atoms with Crippen LogP contribution < -0.4 is 4.74 Å². The van der Waals surface area contributed by atoms with E-state index in [1.807, 2.05) is 59.3 Å². The minimum Gasteiger partial charge on any atom is -0.497 e. The highest BCUT2D eigenvalue weighted by molar-refractivity contribution is 8.00. The molecule has 0 amide bonds. The lowest BCUT2D eigenvalue weighted by molar-refractivity contribution is -0.139. The molecule has 1 atom stereocenters. The topological polar surface area (TPSA) is 82.0 Å². The lowest BCUT2D eigenvalue weighted by atomic mass is 10.1. The van der Waals surface area contributed by atoms with Crippen molar-refractivity contribution < 1.29 is 14.3 Å². The van der Waals surface area contributed by atoms with Crippen LogP contribution in [0.4, 0.5) is 0 Å². The van der Waals surface area contributed by atoms with Crippen LogP contribution in [0.25, 0.3) is 28.0 Å². The molecule has 4 rings (SSSR count). The minimum atomic E-state index is -0.427. The molecule has 0 unspecified atom stereocenters. The summed E-state index contributed by atoms with van der Waals surface area (Å²) in [6.07, 6.45) is 1.92. The van der Waals surface area contributed by atoms with Crippen LogP contribution >= 0.6 is 11.8 Å². The number of hydrogen-bond acceptors (Lipinski definition) is 6. The quantitative estimate of drug-likeness (QED) is 0.382. The number of H-pyrrole nitrogens is 1. The first-order valence-corrected chi connectivity index (χ1v) is 9.91. The average molecular weight is 408 g/mol. The van der Waals surface area contributed by atoms with Gasteiger partial charge in [0, 0.05) is 28.7 Å². The number of esters is 1. The minimum absolute atomic E-state index is 0.316. The Hall–Kier alpha value is -3.26. The van der Waals surface area contributed by atoms with Crippen molar-refractivity contribution in [2.45, 2.75) is 17.3 Å². The van der Waals surface area contributed by atoms with E-state index >= 15 is 0 Å². The van der Waals surface area contributed by atoms with Gasteiger partial charge in [0.25, 0.3) is 0 Å². The van der Waals surface area contributed by atoms with Gasteiger partial charge in [-0.05, 0) is 25.1 Å². The molecule has 0 spiro atoms. The van der Waals surface area contributed by atoms with Crippen LogP contribution in [0.15, 0.2) is 59.9 Å². The van der Waals surface area contributed by atoms with Gasteiger partial charge < -0.3 is 14.5 Å².